The van der Waals surface area contributed by atoms with Crippen LogP contribution in [-0.2, 0) is 14.8 Å². The summed E-state index contributed by atoms with van der Waals surface area (Å²) in [6.07, 6.45) is 7.94. The molecule has 1 saturated heterocycles. The number of carbonyl (C=O) groups is 1. The number of anilines is 1. The Kier molecular flexibility index (Phi) is 5.56. The average Bonchev–Trinajstić information content (AvgIpc) is 3.09. The highest BCUT2D eigenvalue weighted by atomic mass is 32.2. The highest BCUT2D eigenvalue weighted by Crippen LogP contribution is 2.30. The molecule has 0 spiro atoms. The molecule has 1 aromatic carbocycles. The largest absolute Gasteiger partial charge is 0.325 e. The Morgan fingerprint density at radius 3 is 2.42 bits per heavy atom. The molecule has 1 amide bonds. The molecule has 6 heteroatoms. The molecule has 3 rings (SSSR count). The second-order valence-corrected chi connectivity index (χ2v) is 8.77. The topological polar surface area (TPSA) is 66.5 Å². The van der Waals surface area contributed by atoms with Gasteiger partial charge in [0, 0.05) is 19.5 Å². The Morgan fingerprint density at radius 1 is 1.04 bits per heavy atom. The molecule has 0 radical (unpaired) electrons. The van der Waals surface area contributed by atoms with Crippen LogP contribution in [0.1, 0.15) is 51.4 Å². The van der Waals surface area contributed by atoms with Crippen LogP contribution in [0.5, 0.6) is 0 Å². The van der Waals surface area contributed by atoms with E-state index in [2.05, 4.69) is 5.32 Å². The van der Waals surface area contributed by atoms with Crippen molar-refractivity contribution in [3.8, 4) is 0 Å². The number of rotatable bonds is 5. The molecule has 132 valence electrons. The molecule has 1 heterocycles. The Labute approximate surface area is 144 Å². The molecule has 24 heavy (non-hydrogen) atoms. The second-order valence-electron chi connectivity index (χ2n) is 6.86. The molecule has 1 saturated carbocycles. The first-order valence-corrected chi connectivity index (χ1v) is 10.4. The van der Waals surface area contributed by atoms with Crippen molar-refractivity contribution in [3.05, 3.63) is 24.3 Å². The molecule has 0 aromatic heterocycles. The van der Waals surface area contributed by atoms with Crippen LogP contribution in [0.2, 0.25) is 0 Å². The van der Waals surface area contributed by atoms with Gasteiger partial charge in [-0.15, -0.1) is 0 Å². The number of nitrogens with one attached hydrogen (secondary N) is 1. The standard InChI is InChI=1S/C18H26N2O3S/c21-18(14-15-8-2-3-9-15)19-16-10-4-5-11-17(16)24(22,23)20-12-6-1-7-13-20/h4-5,10-11,15H,1-3,6-9,12-14H2,(H,19,21). The fourth-order valence-corrected chi connectivity index (χ4v) is 5.38. The first kappa shape index (κ1) is 17.4. The second kappa shape index (κ2) is 7.66. The Balaban J connectivity index is 1.75. The van der Waals surface area contributed by atoms with Gasteiger partial charge in [0.1, 0.15) is 4.90 Å². The molecular formula is C18H26N2O3S. The number of hydrogen-bond donors (Lipinski definition) is 1. The molecule has 5 nitrogen and oxygen atoms in total. The van der Waals surface area contributed by atoms with E-state index in [1.807, 2.05) is 0 Å². The Hall–Kier alpha value is -1.40. The van der Waals surface area contributed by atoms with Crippen molar-refractivity contribution in [1.82, 2.24) is 4.31 Å². The molecular weight excluding hydrogens is 324 g/mol. The number of carbonyl (C=O) groups excluding carboxylic acids is 1. The van der Waals surface area contributed by atoms with E-state index in [1.165, 1.54) is 12.8 Å². The number of nitrogens with zero attached hydrogens (tertiary/aromatic N) is 1. The summed E-state index contributed by atoms with van der Waals surface area (Å²) in [6, 6.07) is 6.75. The smallest absolute Gasteiger partial charge is 0.245 e. The van der Waals surface area contributed by atoms with Crippen LogP contribution in [0.15, 0.2) is 29.2 Å². The lowest BCUT2D eigenvalue weighted by molar-refractivity contribution is -0.117. The minimum absolute atomic E-state index is 0.0804. The predicted octanol–water partition coefficient (Wildman–Crippen LogP) is 3.38. The lowest BCUT2D eigenvalue weighted by Crippen LogP contribution is -2.36. The maximum atomic E-state index is 12.9. The summed E-state index contributed by atoms with van der Waals surface area (Å²) in [5, 5.41) is 2.84. The lowest BCUT2D eigenvalue weighted by Gasteiger charge is -2.26. The summed E-state index contributed by atoms with van der Waals surface area (Å²) < 4.78 is 27.4. The Morgan fingerprint density at radius 2 is 1.71 bits per heavy atom. The van der Waals surface area contributed by atoms with Crippen LogP contribution in [0.3, 0.4) is 0 Å². The molecule has 0 bridgehead atoms. The number of benzene rings is 1. The third-order valence-corrected chi connectivity index (χ3v) is 7.00. The van der Waals surface area contributed by atoms with Crippen LogP contribution < -0.4 is 5.32 Å². The van der Waals surface area contributed by atoms with Gasteiger partial charge in [-0.3, -0.25) is 4.79 Å². The summed E-state index contributed by atoms with van der Waals surface area (Å²) in [6.45, 7) is 1.12. The van der Waals surface area contributed by atoms with Gasteiger partial charge >= 0.3 is 0 Å². The summed E-state index contributed by atoms with van der Waals surface area (Å²) in [4.78, 5) is 12.5. The molecule has 1 aliphatic carbocycles. The number of para-hydroxylation sites is 1. The molecule has 0 atom stereocenters. The Bertz CT molecular complexity index is 675. The van der Waals surface area contributed by atoms with E-state index >= 15 is 0 Å². The number of amides is 1. The predicted molar refractivity (Wildman–Crippen MR) is 94.3 cm³/mol. The van der Waals surface area contributed by atoms with Crippen LogP contribution in [0.25, 0.3) is 0 Å². The fourth-order valence-electron chi connectivity index (χ4n) is 3.72. The minimum Gasteiger partial charge on any atom is -0.325 e. The van der Waals surface area contributed by atoms with Crippen molar-refractivity contribution in [2.24, 2.45) is 5.92 Å². The van der Waals surface area contributed by atoms with E-state index in [0.717, 1.165) is 32.1 Å². The van der Waals surface area contributed by atoms with Gasteiger partial charge in [-0.2, -0.15) is 4.31 Å². The number of hydrogen-bond acceptors (Lipinski definition) is 3. The minimum atomic E-state index is -3.55. The van der Waals surface area contributed by atoms with Crippen LogP contribution >= 0.6 is 0 Å². The first-order valence-electron chi connectivity index (χ1n) is 8.96. The van der Waals surface area contributed by atoms with Crippen molar-refractivity contribution < 1.29 is 13.2 Å². The van der Waals surface area contributed by atoms with Gasteiger partial charge in [0.15, 0.2) is 0 Å². The summed E-state index contributed by atoms with van der Waals surface area (Å²) in [5.41, 5.74) is 0.408. The summed E-state index contributed by atoms with van der Waals surface area (Å²) >= 11 is 0. The zero-order valence-corrected chi connectivity index (χ0v) is 14.9. The highest BCUT2D eigenvalue weighted by molar-refractivity contribution is 7.89. The molecule has 2 fully saturated rings. The van der Waals surface area contributed by atoms with Crippen LogP contribution in [0, 0.1) is 5.92 Å². The van der Waals surface area contributed by atoms with Gasteiger partial charge in [0.05, 0.1) is 5.69 Å². The molecule has 0 unspecified atom stereocenters. The van der Waals surface area contributed by atoms with E-state index in [1.54, 1.807) is 28.6 Å². The van der Waals surface area contributed by atoms with Crippen molar-refractivity contribution in [3.63, 3.8) is 0 Å². The highest BCUT2D eigenvalue weighted by Gasteiger charge is 2.28. The molecule has 1 aromatic rings. The maximum absolute atomic E-state index is 12.9. The van der Waals surface area contributed by atoms with Crippen LogP contribution in [0.4, 0.5) is 5.69 Å². The molecule has 1 aliphatic heterocycles. The zero-order chi connectivity index (χ0) is 17.0. The van der Waals surface area contributed by atoms with Gasteiger partial charge in [-0.1, -0.05) is 31.4 Å². The SMILES string of the molecule is O=C(CC1CCCC1)Nc1ccccc1S(=O)(=O)N1CCCCC1. The van der Waals surface area contributed by atoms with Crippen molar-refractivity contribution >= 4 is 21.6 Å². The van der Waals surface area contributed by atoms with Crippen molar-refractivity contribution in [2.45, 2.75) is 56.3 Å². The monoisotopic (exact) mass is 350 g/mol. The fraction of sp³-hybridized carbons (Fsp3) is 0.611. The maximum Gasteiger partial charge on any atom is 0.245 e. The summed E-state index contributed by atoms with van der Waals surface area (Å²) in [7, 11) is -3.55. The van der Waals surface area contributed by atoms with E-state index in [-0.39, 0.29) is 10.8 Å². The normalized spacial score (nSPS) is 20.2. The summed E-state index contributed by atoms with van der Waals surface area (Å²) in [5.74, 6) is 0.360. The third-order valence-electron chi connectivity index (χ3n) is 5.04. The van der Waals surface area contributed by atoms with E-state index in [4.69, 9.17) is 0 Å². The lowest BCUT2D eigenvalue weighted by atomic mass is 10.0. The number of piperidine rings is 1. The molecule has 1 N–H and O–H groups in total. The van der Waals surface area contributed by atoms with E-state index < -0.39 is 10.0 Å². The van der Waals surface area contributed by atoms with Gasteiger partial charge in [0.2, 0.25) is 15.9 Å². The van der Waals surface area contributed by atoms with Crippen LogP contribution in [-0.4, -0.2) is 31.7 Å². The zero-order valence-electron chi connectivity index (χ0n) is 14.0. The third kappa shape index (κ3) is 3.98. The van der Waals surface area contributed by atoms with Gasteiger partial charge in [-0.05, 0) is 43.7 Å². The van der Waals surface area contributed by atoms with Crippen molar-refractivity contribution in [2.75, 3.05) is 18.4 Å². The van der Waals surface area contributed by atoms with E-state index in [9.17, 15) is 13.2 Å². The number of sulfonamides is 1. The first-order chi connectivity index (χ1) is 11.6. The average molecular weight is 350 g/mol. The van der Waals surface area contributed by atoms with Gasteiger partial charge in [-0.25, -0.2) is 8.42 Å². The van der Waals surface area contributed by atoms with Gasteiger partial charge in [0.25, 0.3) is 0 Å². The van der Waals surface area contributed by atoms with Crippen molar-refractivity contribution in [1.29, 1.82) is 0 Å². The van der Waals surface area contributed by atoms with Gasteiger partial charge < -0.3 is 5.32 Å². The molecule has 2 aliphatic rings. The van der Waals surface area contributed by atoms with E-state index in [0.29, 0.717) is 31.1 Å². The quantitative estimate of drug-likeness (QED) is 0.885.